The van der Waals surface area contributed by atoms with Gasteiger partial charge in [-0.25, -0.2) is 4.39 Å². The summed E-state index contributed by atoms with van der Waals surface area (Å²) in [5.41, 5.74) is 3.47. The van der Waals surface area contributed by atoms with E-state index in [1.165, 1.54) is 17.2 Å². The zero-order valence-electron chi connectivity index (χ0n) is 11.9. The highest BCUT2D eigenvalue weighted by Gasteiger charge is 2.24. The third-order valence-electron chi connectivity index (χ3n) is 4.16. The number of aryl methyl sites for hydroxylation is 1. The third kappa shape index (κ3) is 3.31. The first-order valence-electron chi connectivity index (χ1n) is 7.45. The average Bonchev–Trinajstić information content (AvgIpc) is 2.89. The van der Waals surface area contributed by atoms with Crippen LogP contribution in [0.3, 0.4) is 0 Å². The summed E-state index contributed by atoms with van der Waals surface area (Å²) in [5, 5.41) is 13.1. The molecule has 2 nitrogen and oxygen atoms in total. The molecule has 0 bridgehead atoms. The van der Waals surface area contributed by atoms with Crippen molar-refractivity contribution in [1.29, 1.82) is 0 Å². The van der Waals surface area contributed by atoms with E-state index in [9.17, 15) is 9.50 Å². The second kappa shape index (κ2) is 6.37. The molecule has 0 heterocycles. The van der Waals surface area contributed by atoms with E-state index in [0.717, 1.165) is 24.8 Å². The molecule has 2 aromatic rings. The fraction of sp³-hybridized carbons (Fsp3) is 0.333. The first-order chi connectivity index (χ1) is 10.3. The molecule has 2 aromatic carbocycles. The molecular weight excluding hydrogens is 265 g/mol. The maximum Gasteiger partial charge on any atom is 0.123 e. The molecule has 3 rings (SSSR count). The van der Waals surface area contributed by atoms with Gasteiger partial charge in [0.05, 0.1) is 6.61 Å². The lowest BCUT2D eigenvalue weighted by molar-refractivity contribution is 0.230. The molecule has 2 unspecified atom stereocenters. The molecule has 0 amide bonds. The van der Waals surface area contributed by atoms with E-state index in [1.54, 1.807) is 6.07 Å². The Labute approximate surface area is 124 Å². The van der Waals surface area contributed by atoms with Crippen molar-refractivity contribution < 1.29 is 9.50 Å². The maximum atomic E-state index is 13.2. The predicted molar refractivity (Wildman–Crippen MR) is 81.6 cm³/mol. The van der Waals surface area contributed by atoms with Crippen molar-refractivity contribution in [1.82, 2.24) is 5.32 Å². The first kappa shape index (κ1) is 14.2. The summed E-state index contributed by atoms with van der Waals surface area (Å²) in [6.45, 7) is 0.0991. The number of aliphatic hydroxyl groups is 1. The Hall–Kier alpha value is -1.71. The van der Waals surface area contributed by atoms with Crippen molar-refractivity contribution in [3.63, 3.8) is 0 Å². The topological polar surface area (TPSA) is 32.3 Å². The molecule has 0 saturated heterocycles. The van der Waals surface area contributed by atoms with Gasteiger partial charge in [0.15, 0.2) is 0 Å². The number of nitrogens with one attached hydrogen (secondary N) is 1. The van der Waals surface area contributed by atoms with Gasteiger partial charge in [-0.2, -0.15) is 0 Å². The van der Waals surface area contributed by atoms with Crippen molar-refractivity contribution >= 4 is 0 Å². The van der Waals surface area contributed by atoms with Gasteiger partial charge in [0, 0.05) is 12.1 Å². The fourth-order valence-electron chi connectivity index (χ4n) is 3.12. The second-order valence-electron chi connectivity index (χ2n) is 5.67. The number of fused-ring (bicyclic) bond motifs is 1. The standard InChI is InChI=1S/C18H20FNO/c19-15-7-8-17-14(11-15)6-9-18(17)20-16(12-21)10-13-4-2-1-3-5-13/h1-5,7-8,11,16,18,20-21H,6,9-10,12H2. The molecule has 2 N–H and O–H groups in total. The van der Waals surface area contributed by atoms with Crippen LogP contribution in [0.15, 0.2) is 48.5 Å². The number of benzene rings is 2. The molecule has 2 atom stereocenters. The number of hydrogen-bond donors (Lipinski definition) is 2. The minimum absolute atomic E-state index is 0.0217. The van der Waals surface area contributed by atoms with Gasteiger partial charge in [-0.3, -0.25) is 0 Å². The molecule has 0 aromatic heterocycles. The minimum Gasteiger partial charge on any atom is -0.395 e. The van der Waals surface area contributed by atoms with Crippen molar-refractivity contribution in [2.45, 2.75) is 31.3 Å². The number of aliphatic hydroxyl groups excluding tert-OH is 1. The van der Waals surface area contributed by atoms with E-state index in [0.29, 0.717) is 0 Å². The molecule has 1 aliphatic rings. The van der Waals surface area contributed by atoms with Gasteiger partial charge in [0.25, 0.3) is 0 Å². The second-order valence-corrected chi connectivity index (χ2v) is 5.67. The summed E-state index contributed by atoms with van der Waals surface area (Å²) in [7, 11) is 0. The highest BCUT2D eigenvalue weighted by molar-refractivity contribution is 5.35. The van der Waals surface area contributed by atoms with Crippen molar-refractivity contribution in [2.75, 3.05) is 6.61 Å². The van der Waals surface area contributed by atoms with Crippen LogP contribution >= 0.6 is 0 Å². The van der Waals surface area contributed by atoms with Crippen LogP contribution < -0.4 is 5.32 Å². The van der Waals surface area contributed by atoms with Gasteiger partial charge >= 0.3 is 0 Å². The van der Waals surface area contributed by atoms with Crippen LogP contribution in [0.5, 0.6) is 0 Å². The lowest BCUT2D eigenvalue weighted by Crippen LogP contribution is -2.36. The fourth-order valence-corrected chi connectivity index (χ4v) is 3.12. The van der Waals surface area contributed by atoms with Crippen molar-refractivity contribution in [3.05, 3.63) is 71.0 Å². The monoisotopic (exact) mass is 285 g/mol. The Balaban J connectivity index is 1.69. The quantitative estimate of drug-likeness (QED) is 0.885. The van der Waals surface area contributed by atoms with Crippen LogP contribution in [-0.4, -0.2) is 17.8 Å². The zero-order chi connectivity index (χ0) is 14.7. The summed E-state index contributed by atoms with van der Waals surface area (Å²) in [6, 6.07) is 15.4. The summed E-state index contributed by atoms with van der Waals surface area (Å²) >= 11 is 0. The van der Waals surface area contributed by atoms with Crippen LogP contribution in [-0.2, 0) is 12.8 Å². The van der Waals surface area contributed by atoms with E-state index in [2.05, 4.69) is 17.4 Å². The molecule has 0 aliphatic heterocycles. The van der Waals surface area contributed by atoms with Gasteiger partial charge in [0.1, 0.15) is 5.82 Å². The molecule has 21 heavy (non-hydrogen) atoms. The SMILES string of the molecule is OCC(Cc1ccccc1)NC1CCc2cc(F)ccc21. The zero-order valence-corrected chi connectivity index (χ0v) is 11.9. The van der Waals surface area contributed by atoms with Crippen LogP contribution in [0.2, 0.25) is 0 Å². The Morgan fingerprint density at radius 1 is 1.19 bits per heavy atom. The van der Waals surface area contributed by atoms with Gasteiger partial charge in [-0.15, -0.1) is 0 Å². The third-order valence-corrected chi connectivity index (χ3v) is 4.16. The van der Waals surface area contributed by atoms with Crippen LogP contribution in [0.4, 0.5) is 4.39 Å². The normalized spacial score (nSPS) is 18.5. The lowest BCUT2D eigenvalue weighted by Gasteiger charge is -2.22. The van der Waals surface area contributed by atoms with Crippen molar-refractivity contribution in [2.24, 2.45) is 0 Å². The first-order valence-corrected chi connectivity index (χ1v) is 7.45. The Kier molecular flexibility index (Phi) is 4.32. The van der Waals surface area contributed by atoms with Gasteiger partial charge in [-0.1, -0.05) is 36.4 Å². The van der Waals surface area contributed by atoms with Crippen LogP contribution in [0, 0.1) is 5.82 Å². The molecular formula is C18H20FNO. The Bertz CT molecular complexity index is 599. The summed E-state index contributed by atoms with van der Waals surface area (Å²) in [4.78, 5) is 0. The van der Waals surface area contributed by atoms with E-state index in [-0.39, 0.29) is 24.5 Å². The van der Waals surface area contributed by atoms with E-state index in [4.69, 9.17) is 0 Å². The van der Waals surface area contributed by atoms with E-state index in [1.807, 2.05) is 24.3 Å². The van der Waals surface area contributed by atoms with Crippen molar-refractivity contribution in [3.8, 4) is 0 Å². The predicted octanol–water partition coefficient (Wildman–Crippen LogP) is 3.01. The average molecular weight is 285 g/mol. The van der Waals surface area contributed by atoms with Crippen LogP contribution in [0.1, 0.15) is 29.2 Å². The number of rotatable bonds is 5. The maximum absolute atomic E-state index is 13.2. The van der Waals surface area contributed by atoms with E-state index >= 15 is 0 Å². The molecule has 0 saturated carbocycles. The largest absolute Gasteiger partial charge is 0.395 e. The molecule has 0 radical (unpaired) electrons. The number of halogens is 1. The van der Waals surface area contributed by atoms with E-state index < -0.39 is 0 Å². The summed E-state index contributed by atoms with van der Waals surface area (Å²) in [6.07, 6.45) is 2.66. The Morgan fingerprint density at radius 3 is 2.76 bits per heavy atom. The highest BCUT2D eigenvalue weighted by Crippen LogP contribution is 2.32. The molecule has 0 spiro atoms. The van der Waals surface area contributed by atoms with Gasteiger partial charge < -0.3 is 10.4 Å². The highest BCUT2D eigenvalue weighted by atomic mass is 19.1. The summed E-state index contributed by atoms with van der Waals surface area (Å²) < 4.78 is 13.2. The summed E-state index contributed by atoms with van der Waals surface area (Å²) in [5.74, 6) is -0.169. The molecule has 1 aliphatic carbocycles. The molecule has 0 fully saturated rings. The van der Waals surface area contributed by atoms with Gasteiger partial charge in [-0.05, 0) is 48.1 Å². The lowest BCUT2D eigenvalue weighted by atomic mass is 10.0. The number of hydrogen-bond acceptors (Lipinski definition) is 2. The minimum atomic E-state index is -0.169. The smallest absolute Gasteiger partial charge is 0.123 e. The Morgan fingerprint density at radius 2 is 2.00 bits per heavy atom. The van der Waals surface area contributed by atoms with Gasteiger partial charge in [0.2, 0.25) is 0 Å². The van der Waals surface area contributed by atoms with Crippen LogP contribution in [0.25, 0.3) is 0 Å². The molecule has 110 valence electrons. The molecule has 3 heteroatoms.